The summed E-state index contributed by atoms with van der Waals surface area (Å²) >= 11 is 0. The quantitative estimate of drug-likeness (QED) is 0.583. The zero-order valence-electron chi connectivity index (χ0n) is 6.00. The maximum absolute atomic E-state index is 10.9. The first-order valence-electron chi connectivity index (χ1n) is 3.33. The van der Waals surface area contributed by atoms with Gasteiger partial charge in [0.25, 0.3) is 0 Å². The van der Waals surface area contributed by atoms with Gasteiger partial charge in [0.2, 0.25) is 5.56 Å². The second-order valence-corrected chi connectivity index (χ2v) is 2.37. The first-order valence-corrected chi connectivity index (χ1v) is 3.33. The molecule has 0 spiro atoms. The van der Waals surface area contributed by atoms with Crippen LogP contribution in [0.5, 0.6) is 0 Å². The van der Waals surface area contributed by atoms with Crippen molar-refractivity contribution in [2.75, 3.05) is 0 Å². The molecule has 2 aromatic heterocycles. The van der Waals surface area contributed by atoms with Gasteiger partial charge < -0.3 is 4.98 Å². The average Bonchev–Trinajstić information content (AvgIpc) is 2.50. The Hall–Kier alpha value is -1.91. The van der Waals surface area contributed by atoms with E-state index in [2.05, 4.69) is 15.2 Å². The van der Waals surface area contributed by atoms with E-state index in [4.69, 9.17) is 0 Å². The van der Waals surface area contributed by atoms with Crippen LogP contribution in [0.3, 0.4) is 0 Å². The van der Waals surface area contributed by atoms with Crippen molar-refractivity contribution in [3.63, 3.8) is 0 Å². The third-order valence-corrected chi connectivity index (χ3v) is 1.61. The molecule has 0 atom stereocenters. The smallest absolute Gasteiger partial charge is 0.250 e. The molecule has 0 aliphatic heterocycles. The Morgan fingerprint density at radius 2 is 2.33 bits per heavy atom. The Bertz CT molecular complexity index is 483. The topological polar surface area (TPSA) is 78.6 Å². The van der Waals surface area contributed by atoms with E-state index in [1.54, 1.807) is 0 Å². The first kappa shape index (κ1) is 6.78. The lowest BCUT2D eigenvalue weighted by atomic mass is 10.2. The Balaban J connectivity index is 2.98. The molecule has 0 radical (unpaired) electrons. The molecule has 2 rings (SSSR count). The minimum atomic E-state index is -0.311. The zero-order valence-corrected chi connectivity index (χ0v) is 6.00. The van der Waals surface area contributed by atoms with Crippen LogP contribution < -0.4 is 5.56 Å². The van der Waals surface area contributed by atoms with Crippen molar-refractivity contribution in [3.05, 3.63) is 28.2 Å². The predicted molar refractivity (Wildman–Crippen MR) is 42.1 cm³/mol. The SMILES string of the molecule is O=Cc1cc(=O)[nH]c2[nH]ncc12. The molecule has 2 aromatic rings. The lowest BCUT2D eigenvalue weighted by Crippen LogP contribution is -2.05. The van der Waals surface area contributed by atoms with Gasteiger partial charge in [-0.3, -0.25) is 14.7 Å². The number of rotatable bonds is 1. The molecular formula is C7H5N3O2. The third kappa shape index (κ3) is 0.833. The average molecular weight is 163 g/mol. The maximum atomic E-state index is 10.9. The number of nitrogens with zero attached hydrogens (tertiary/aromatic N) is 1. The van der Waals surface area contributed by atoms with E-state index in [0.717, 1.165) is 0 Å². The van der Waals surface area contributed by atoms with Crippen LogP contribution in [-0.2, 0) is 0 Å². The van der Waals surface area contributed by atoms with Crippen molar-refractivity contribution in [1.82, 2.24) is 15.2 Å². The summed E-state index contributed by atoms with van der Waals surface area (Å²) in [5.74, 6) is 0. The van der Waals surface area contributed by atoms with E-state index in [-0.39, 0.29) is 5.56 Å². The van der Waals surface area contributed by atoms with Crippen molar-refractivity contribution >= 4 is 17.3 Å². The van der Waals surface area contributed by atoms with Gasteiger partial charge in [-0.25, -0.2) is 0 Å². The molecule has 5 nitrogen and oxygen atoms in total. The summed E-state index contributed by atoms with van der Waals surface area (Å²) in [5, 5.41) is 6.90. The van der Waals surface area contributed by atoms with E-state index in [1.807, 2.05) is 0 Å². The van der Waals surface area contributed by atoms with E-state index >= 15 is 0 Å². The lowest BCUT2D eigenvalue weighted by molar-refractivity contribution is 0.112. The number of hydrogen-bond acceptors (Lipinski definition) is 3. The highest BCUT2D eigenvalue weighted by molar-refractivity contribution is 5.94. The molecular weight excluding hydrogens is 158 g/mol. The molecule has 0 bridgehead atoms. The highest BCUT2D eigenvalue weighted by Crippen LogP contribution is 2.08. The normalized spacial score (nSPS) is 10.3. The number of carbonyl (C=O) groups is 1. The second-order valence-electron chi connectivity index (χ2n) is 2.37. The predicted octanol–water partition coefficient (Wildman–Crippen LogP) is 0.0637. The zero-order chi connectivity index (χ0) is 8.55. The Kier molecular flexibility index (Phi) is 1.30. The Morgan fingerprint density at radius 1 is 1.50 bits per heavy atom. The summed E-state index contributed by atoms with van der Waals surface area (Å²) in [6.45, 7) is 0. The van der Waals surface area contributed by atoms with Crippen molar-refractivity contribution in [1.29, 1.82) is 0 Å². The van der Waals surface area contributed by atoms with Crippen LogP contribution in [0.15, 0.2) is 17.1 Å². The number of aromatic nitrogens is 3. The monoisotopic (exact) mass is 163 g/mol. The fourth-order valence-corrected chi connectivity index (χ4v) is 1.08. The molecule has 5 heteroatoms. The van der Waals surface area contributed by atoms with Crippen LogP contribution >= 0.6 is 0 Å². The van der Waals surface area contributed by atoms with Gasteiger partial charge in [-0.2, -0.15) is 5.10 Å². The number of hydrogen-bond donors (Lipinski definition) is 2. The summed E-state index contributed by atoms with van der Waals surface area (Å²) in [7, 11) is 0. The molecule has 0 aromatic carbocycles. The number of pyridine rings is 1. The van der Waals surface area contributed by atoms with Gasteiger partial charge in [0.1, 0.15) is 5.65 Å². The number of carbonyl (C=O) groups excluding carboxylic acids is 1. The van der Waals surface area contributed by atoms with Gasteiger partial charge in [0.05, 0.1) is 6.20 Å². The maximum Gasteiger partial charge on any atom is 0.250 e. The molecule has 0 aliphatic rings. The van der Waals surface area contributed by atoms with Crippen LogP contribution in [0.4, 0.5) is 0 Å². The number of nitrogens with one attached hydrogen (secondary N) is 2. The van der Waals surface area contributed by atoms with E-state index < -0.39 is 0 Å². The van der Waals surface area contributed by atoms with E-state index in [9.17, 15) is 9.59 Å². The van der Waals surface area contributed by atoms with Crippen molar-refractivity contribution in [3.8, 4) is 0 Å². The third-order valence-electron chi connectivity index (χ3n) is 1.61. The molecule has 2 N–H and O–H groups in total. The van der Waals surface area contributed by atoms with Gasteiger partial charge >= 0.3 is 0 Å². The number of fused-ring (bicyclic) bond motifs is 1. The van der Waals surface area contributed by atoms with Crippen LogP contribution in [0.2, 0.25) is 0 Å². The summed E-state index contributed by atoms with van der Waals surface area (Å²) in [6, 6.07) is 1.24. The van der Waals surface area contributed by atoms with Gasteiger partial charge in [-0.1, -0.05) is 0 Å². The molecule has 0 amide bonds. The summed E-state index contributed by atoms with van der Waals surface area (Å²) in [5.41, 5.74) is 0.515. The standard InChI is InChI=1S/C7H5N3O2/c11-3-4-1-6(12)9-7-5(4)2-8-10-7/h1-3H,(H2,8,9,10,12). The summed E-state index contributed by atoms with van der Waals surface area (Å²) in [4.78, 5) is 23.9. The summed E-state index contributed by atoms with van der Waals surface area (Å²) < 4.78 is 0. The highest BCUT2D eigenvalue weighted by Gasteiger charge is 2.02. The van der Waals surface area contributed by atoms with Crippen molar-refractivity contribution < 1.29 is 4.79 Å². The van der Waals surface area contributed by atoms with Gasteiger partial charge in [0, 0.05) is 17.0 Å². The molecule has 0 fully saturated rings. The lowest BCUT2D eigenvalue weighted by Gasteiger charge is -1.90. The Morgan fingerprint density at radius 3 is 3.08 bits per heavy atom. The number of aromatic amines is 2. The van der Waals surface area contributed by atoms with Gasteiger partial charge in [0.15, 0.2) is 6.29 Å². The summed E-state index contributed by atoms with van der Waals surface area (Å²) in [6.07, 6.45) is 2.13. The van der Waals surface area contributed by atoms with Gasteiger partial charge in [-0.15, -0.1) is 0 Å². The van der Waals surface area contributed by atoms with Crippen LogP contribution in [0.1, 0.15) is 10.4 Å². The molecule has 0 saturated carbocycles. The molecule has 0 aliphatic carbocycles. The first-order chi connectivity index (χ1) is 5.81. The van der Waals surface area contributed by atoms with Crippen LogP contribution in [0.25, 0.3) is 11.0 Å². The second kappa shape index (κ2) is 2.30. The van der Waals surface area contributed by atoms with Crippen LogP contribution in [0, 0.1) is 0 Å². The number of H-pyrrole nitrogens is 2. The van der Waals surface area contributed by atoms with Crippen LogP contribution in [-0.4, -0.2) is 21.5 Å². The van der Waals surface area contributed by atoms with Crippen molar-refractivity contribution in [2.45, 2.75) is 0 Å². The van der Waals surface area contributed by atoms with E-state index in [1.165, 1.54) is 12.3 Å². The minimum Gasteiger partial charge on any atom is -0.307 e. The largest absolute Gasteiger partial charge is 0.307 e. The highest BCUT2D eigenvalue weighted by atomic mass is 16.1. The minimum absolute atomic E-state index is 0.311. The van der Waals surface area contributed by atoms with Crippen molar-refractivity contribution in [2.24, 2.45) is 0 Å². The molecule has 2 heterocycles. The molecule has 12 heavy (non-hydrogen) atoms. The Labute approximate surface area is 66.4 Å². The fourth-order valence-electron chi connectivity index (χ4n) is 1.08. The van der Waals surface area contributed by atoms with E-state index in [0.29, 0.717) is 22.9 Å². The molecule has 60 valence electrons. The van der Waals surface area contributed by atoms with Gasteiger partial charge in [-0.05, 0) is 0 Å². The molecule has 0 unspecified atom stereocenters. The molecule has 0 saturated heterocycles. The fraction of sp³-hybridized carbons (Fsp3) is 0. The number of aldehydes is 1.